The van der Waals surface area contributed by atoms with Crippen molar-refractivity contribution in [2.75, 3.05) is 11.1 Å². The summed E-state index contributed by atoms with van der Waals surface area (Å²) in [6.07, 6.45) is 3.46. The number of carbonyl (C=O) groups is 1. The highest BCUT2D eigenvalue weighted by molar-refractivity contribution is 9.10. The van der Waals surface area contributed by atoms with Crippen LogP contribution < -0.4 is 5.32 Å². The number of aromatic nitrogens is 4. The first-order valence-electron chi connectivity index (χ1n) is 9.63. The molecule has 2 aromatic carbocycles. The summed E-state index contributed by atoms with van der Waals surface area (Å²) in [5, 5.41) is 12.4. The fourth-order valence-electron chi connectivity index (χ4n) is 3.12. The molecule has 8 heteroatoms. The maximum Gasteiger partial charge on any atom is 0.234 e. The third-order valence-corrected chi connectivity index (χ3v) is 6.24. The third kappa shape index (κ3) is 4.86. The number of carbonyl (C=O) groups excluding carboxylic acids is 1. The van der Waals surface area contributed by atoms with E-state index in [-0.39, 0.29) is 11.7 Å². The van der Waals surface area contributed by atoms with Gasteiger partial charge < -0.3 is 5.32 Å². The van der Waals surface area contributed by atoms with Crippen LogP contribution in [0.4, 0.5) is 5.69 Å². The quantitative estimate of drug-likeness (QED) is 0.362. The summed E-state index contributed by atoms with van der Waals surface area (Å²) in [6, 6.07) is 17.7. The number of nitrogens with zero attached hydrogens (tertiary/aromatic N) is 4. The molecule has 0 fully saturated rings. The number of hydrogen-bond acceptors (Lipinski definition) is 5. The molecule has 156 valence electrons. The Hall–Kier alpha value is -2.97. The van der Waals surface area contributed by atoms with E-state index >= 15 is 0 Å². The number of aryl methyl sites for hydroxylation is 2. The third-order valence-electron chi connectivity index (χ3n) is 4.66. The van der Waals surface area contributed by atoms with Gasteiger partial charge in [-0.05, 0) is 71.2 Å². The lowest BCUT2D eigenvalue weighted by molar-refractivity contribution is -0.113. The van der Waals surface area contributed by atoms with Gasteiger partial charge in [0.05, 0.1) is 17.1 Å². The second-order valence-electron chi connectivity index (χ2n) is 6.98. The fourth-order valence-corrected chi connectivity index (χ4v) is 4.46. The van der Waals surface area contributed by atoms with Crippen LogP contribution in [-0.2, 0) is 4.79 Å². The van der Waals surface area contributed by atoms with Gasteiger partial charge in [0.1, 0.15) is 0 Å². The lowest BCUT2D eigenvalue weighted by Gasteiger charge is -2.13. The Morgan fingerprint density at radius 2 is 1.84 bits per heavy atom. The lowest BCUT2D eigenvalue weighted by atomic mass is 10.2. The molecule has 2 heterocycles. The lowest BCUT2D eigenvalue weighted by Crippen LogP contribution is -2.15. The second kappa shape index (κ2) is 9.45. The maximum absolute atomic E-state index is 12.6. The molecule has 0 radical (unpaired) electrons. The van der Waals surface area contributed by atoms with Crippen LogP contribution in [0.2, 0.25) is 0 Å². The summed E-state index contributed by atoms with van der Waals surface area (Å²) in [5.41, 5.74) is 4.84. The van der Waals surface area contributed by atoms with Crippen molar-refractivity contribution in [3.8, 4) is 17.1 Å². The Bertz CT molecular complexity index is 1230. The zero-order chi connectivity index (χ0) is 21.8. The topological polar surface area (TPSA) is 72.7 Å². The van der Waals surface area contributed by atoms with E-state index in [1.807, 2.05) is 73.0 Å². The molecule has 4 aromatic rings. The van der Waals surface area contributed by atoms with Gasteiger partial charge in [-0.1, -0.05) is 36.0 Å². The van der Waals surface area contributed by atoms with Gasteiger partial charge in [0, 0.05) is 22.4 Å². The van der Waals surface area contributed by atoms with Gasteiger partial charge in [0.2, 0.25) is 5.91 Å². The average molecular weight is 494 g/mol. The standard InChI is InChI=1S/C23H20BrN5OS/c1-15-7-8-19(18(24)13-15)26-21(30)14-31-23-28-27-22(17-9-11-25-12-10-17)29(23)20-6-4-3-5-16(20)2/h3-13H,14H2,1-2H3,(H,26,30). The van der Waals surface area contributed by atoms with Crippen LogP contribution in [0.1, 0.15) is 11.1 Å². The summed E-state index contributed by atoms with van der Waals surface area (Å²) in [6.45, 7) is 4.05. The largest absolute Gasteiger partial charge is 0.324 e. The molecular weight excluding hydrogens is 474 g/mol. The number of thioether (sulfide) groups is 1. The molecule has 0 aliphatic carbocycles. The number of pyridine rings is 1. The van der Waals surface area contributed by atoms with Crippen molar-refractivity contribution in [3.63, 3.8) is 0 Å². The van der Waals surface area contributed by atoms with Gasteiger partial charge in [-0.3, -0.25) is 14.3 Å². The van der Waals surface area contributed by atoms with Crippen LogP contribution in [0.25, 0.3) is 17.1 Å². The van der Waals surface area contributed by atoms with E-state index in [4.69, 9.17) is 0 Å². The molecule has 0 atom stereocenters. The number of nitrogens with one attached hydrogen (secondary N) is 1. The molecule has 0 spiro atoms. The van der Waals surface area contributed by atoms with Crippen molar-refractivity contribution in [1.29, 1.82) is 0 Å². The molecule has 1 amide bonds. The first-order valence-corrected chi connectivity index (χ1v) is 11.4. The summed E-state index contributed by atoms with van der Waals surface area (Å²) in [5.74, 6) is 0.806. The smallest absolute Gasteiger partial charge is 0.234 e. The highest BCUT2D eigenvalue weighted by atomic mass is 79.9. The maximum atomic E-state index is 12.6. The number of para-hydroxylation sites is 1. The summed E-state index contributed by atoms with van der Waals surface area (Å²) in [7, 11) is 0. The molecule has 0 saturated heterocycles. The van der Waals surface area contributed by atoms with Crippen LogP contribution in [0.3, 0.4) is 0 Å². The van der Waals surface area contributed by atoms with Gasteiger partial charge in [-0.2, -0.15) is 0 Å². The molecule has 0 bridgehead atoms. The summed E-state index contributed by atoms with van der Waals surface area (Å²) in [4.78, 5) is 16.7. The number of halogens is 1. The predicted molar refractivity (Wildman–Crippen MR) is 128 cm³/mol. The van der Waals surface area contributed by atoms with Crippen LogP contribution in [0.15, 0.2) is 76.6 Å². The normalized spacial score (nSPS) is 10.8. The van der Waals surface area contributed by atoms with E-state index in [0.29, 0.717) is 11.0 Å². The number of benzene rings is 2. The highest BCUT2D eigenvalue weighted by Crippen LogP contribution is 2.29. The van der Waals surface area contributed by atoms with Crippen molar-refractivity contribution >= 4 is 39.3 Å². The Labute approximate surface area is 193 Å². The van der Waals surface area contributed by atoms with Crippen molar-refractivity contribution in [1.82, 2.24) is 19.7 Å². The number of anilines is 1. The van der Waals surface area contributed by atoms with E-state index < -0.39 is 0 Å². The van der Waals surface area contributed by atoms with Crippen LogP contribution in [0, 0.1) is 13.8 Å². The van der Waals surface area contributed by atoms with Crippen molar-refractivity contribution in [2.45, 2.75) is 19.0 Å². The van der Waals surface area contributed by atoms with E-state index in [2.05, 4.69) is 36.4 Å². The molecule has 2 aromatic heterocycles. The van der Waals surface area contributed by atoms with Gasteiger partial charge in [0.25, 0.3) is 0 Å². The van der Waals surface area contributed by atoms with Gasteiger partial charge in [-0.25, -0.2) is 0 Å². The minimum Gasteiger partial charge on any atom is -0.324 e. The first kappa shape index (κ1) is 21.3. The summed E-state index contributed by atoms with van der Waals surface area (Å²) >= 11 is 4.85. The number of hydrogen-bond donors (Lipinski definition) is 1. The molecule has 31 heavy (non-hydrogen) atoms. The zero-order valence-corrected chi connectivity index (χ0v) is 19.4. The first-order chi connectivity index (χ1) is 15.0. The highest BCUT2D eigenvalue weighted by Gasteiger charge is 2.18. The van der Waals surface area contributed by atoms with Crippen molar-refractivity contribution in [2.24, 2.45) is 0 Å². The van der Waals surface area contributed by atoms with Crippen molar-refractivity contribution in [3.05, 3.63) is 82.6 Å². The van der Waals surface area contributed by atoms with Crippen LogP contribution in [0.5, 0.6) is 0 Å². The minimum absolute atomic E-state index is 0.112. The van der Waals surface area contributed by atoms with Crippen LogP contribution >= 0.6 is 27.7 Å². The number of rotatable bonds is 6. The molecular formula is C23H20BrN5OS. The zero-order valence-electron chi connectivity index (χ0n) is 17.0. The monoisotopic (exact) mass is 493 g/mol. The Balaban J connectivity index is 1.60. The Morgan fingerprint density at radius 3 is 2.58 bits per heavy atom. The Morgan fingerprint density at radius 1 is 1.06 bits per heavy atom. The molecule has 0 aliphatic heterocycles. The van der Waals surface area contributed by atoms with Crippen molar-refractivity contribution < 1.29 is 4.79 Å². The summed E-state index contributed by atoms with van der Waals surface area (Å²) < 4.78 is 2.85. The average Bonchev–Trinajstić information content (AvgIpc) is 3.19. The number of amides is 1. The molecule has 6 nitrogen and oxygen atoms in total. The minimum atomic E-state index is -0.112. The van der Waals surface area contributed by atoms with E-state index in [1.165, 1.54) is 11.8 Å². The molecule has 0 aliphatic rings. The van der Waals surface area contributed by atoms with Crippen LogP contribution in [-0.4, -0.2) is 31.4 Å². The molecule has 0 unspecified atom stereocenters. The van der Waals surface area contributed by atoms with E-state index in [0.717, 1.165) is 32.5 Å². The van der Waals surface area contributed by atoms with E-state index in [1.54, 1.807) is 12.4 Å². The molecule has 4 rings (SSSR count). The van der Waals surface area contributed by atoms with E-state index in [9.17, 15) is 4.79 Å². The van der Waals surface area contributed by atoms with Gasteiger partial charge >= 0.3 is 0 Å². The van der Waals surface area contributed by atoms with Gasteiger partial charge in [0.15, 0.2) is 11.0 Å². The molecule has 0 saturated carbocycles. The Kier molecular flexibility index (Phi) is 6.48. The molecule has 1 N–H and O–H groups in total. The SMILES string of the molecule is Cc1ccc(NC(=O)CSc2nnc(-c3ccncc3)n2-c2ccccc2C)c(Br)c1. The predicted octanol–water partition coefficient (Wildman–Crippen LogP) is 5.44. The fraction of sp³-hybridized carbons (Fsp3) is 0.130. The van der Waals surface area contributed by atoms with Gasteiger partial charge in [-0.15, -0.1) is 10.2 Å². The second-order valence-corrected chi connectivity index (χ2v) is 8.78.